The normalized spacial score (nSPS) is 19.1. The van der Waals surface area contributed by atoms with Gasteiger partial charge in [-0.05, 0) is 48.5 Å². The molecule has 1 atom stereocenters. The van der Waals surface area contributed by atoms with Crippen molar-refractivity contribution in [1.82, 2.24) is 15.1 Å². The number of nitrogens with one attached hydrogen (secondary N) is 1. The van der Waals surface area contributed by atoms with Gasteiger partial charge in [0.25, 0.3) is 11.8 Å². The van der Waals surface area contributed by atoms with Gasteiger partial charge in [0.15, 0.2) is 0 Å². The summed E-state index contributed by atoms with van der Waals surface area (Å²) in [6.07, 6.45) is 0.669. The number of rotatable bonds is 6. The van der Waals surface area contributed by atoms with Crippen LogP contribution >= 0.6 is 11.6 Å². The number of hydrogen-bond donors (Lipinski definition) is 1. The van der Waals surface area contributed by atoms with Crippen LogP contribution in [0.15, 0.2) is 48.5 Å². The minimum atomic E-state index is -1.05. The third-order valence-corrected chi connectivity index (χ3v) is 6.65. The first-order valence-corrected chi connectivity index (χ1v) is 11.8. The number of benzene rings is 2. The summed E-state index contributed by atoms with van der Waals surface area (Å²) in [5.74, 6) is -1.38. The summed E-state index contributed by atoms with van der Waals surface area (Å²) in [6, 6.07) is 11.0. The van der Waals surface area contributed by atoms with Crippen molar-refractivity contribution in [1.29, 1.82) is 0 Å². The van der Waals surface area contributed by atoms with Gasteiger partial charge in [-0.15, -0.1) is 0 Å². The lowest BCUT2D eigenvalue weighted by Gasteiger charge is -2.44. The SMILES string of the molecule is COCCNC(=O)[C@@H]1COC2(CCN(C(=O)c3ccc(Cl)cc3)CC2)N1C(=O)c1ccc(F)cc1. The minimum Gasteiger partial charge on any atom is -0.383 e. The van der Waals surface area contributed by atoms with Crippen molar-refractivity contribution in [3.63, 3.8) is 0 Å². The molecule has 8 nitrogen and oxygen atoms in total. The van der Waals surface area contributed by atoms with Gasteiger partial charge in [0, 0.05) is 55.7 Å². The van der Waals surface area contributed by atoms with E-state index in [-0.39, 0.29) is 24.0 Å². The van der Waals surface area contributed by atoms with E-state index in [0.29, 0.717) is 49.7 Å². The van der Waals surface area contributed by atoms with E-state index in [1.807, 2.05) is 0 Å². The van der Waals surface area contributed by atoms with Crippen LogP contribution in [0, 0.1) is 5.82 Å². The number of piperidine rings is 1. The van der Waals surface area contributed by atoms with Gasteiger partial charge in [-0.2, -0.15) is 0 Å². The summed E-state index contributed by atoms with van der Waals surface area (Å²) >= 11 is 5.93. The molecule has 0 bridgehead atoms. The zero-order chi connectivity index (χ0) is 25.0. The second kappa shape index (κ2) is 10.7. The topological polar surface area (TPSA) is 88.2 Å². The molecule has 0 saturated carbocycles. The molecule has 2 aliphatic heterocycles. The molecule has 1 N–H and O–H groups in total. The third-order valence-electron chi connectivity index (χ3n) is 6.40. The number of carbonyl (C=O) groups is 3. The van der Waals surface area contributed by atoms with E-state index in [1.165, 1.54) is 36.3 Å². The molecule has 35 heavy (non-hydrogen) atoms. The Morgan fingerprint density at radius 3 is 2.29 bits per heavy atom. The number of ether oxygens (including phenoxy) is 2. The molecule has 2 heterocycles. The molecule has 0 aromatic heterocycles. The molecule has 3 amide bonds. The third kappa shape index (κ3) is 5.32. The van der Waals surface area contributed by atoms with Crippen LogP contribution in [0.3, 0.4) is 0 Å². The predicted octanol–water partition coefficient (Wildman–Crippen LogP) is 2.72. The van der Waals surface area contributed by atoms with E-state index >= 15 is 0 Å². The Hall–Kier alpha value is -3.01. The van der Waals surface area contributed by atoms with E-state index < -0.39 is 23.5 Å². The summed E-state index contributed by atoms with van der Waals surface area (Å²) in [5, 5.41) is 3.32. The quantitative estimate of drug-likeness (QED) is 0.612. The van der Waals surface area contributed by atoms with Crippen LogP contribution in [0.5, 0.6) is 0 Å². The zero-order valence-corrected chi connectivity index (χ0v) is 20.1. The van der Waals surface area contributed by atoms with E-state index in [4.69, 9.17) is 21.1 Å². The zero-order valence-electron chi connectivity index (χ0n) is 19.3. The van der Waals surface area contributed by atoms with Crippen molar-refractivity contribution in [2.75, 3.05) is 40.0 Å². The molecule has 0 aliphatic carbocycles. The number of nitrogens with zero attached hydrogens (tertiary/aromatic N) is 2. The molecular weight excluding hydrogens is 477 g/mol. The summed E-state index contributed by atoms with van der Waals surface area (Å²) < 4.78 is 24.6. The van der Waals surface area contributed by atoms with Gasteiger partial charge in [0.1, 0.15) is 17.6 Å². The van der Waals surface area contributed by atoms with Gasteiger partial charge in [-0.1, -0.05) is 11.6 Å². The van der Waals surface area contributed by atoms with Crippen LogP contribution in [0.2, 0.25) is 5.02 Å². The Bertz CT molecular complexity index is 1070. The summed E-state index contributed by atoms with van der Waals surface area (Å²) in [5.41, 5.74) is -0.274. The molecule has 2 fully saturated rings. The Morgan fingerprint density at radius 1 is 1.06 bits per heavy atom. The lowest BCUT2D eigenvalue weighted by atomic mass is 9.96. The highest BCUT2D eigenvalue weighted by molar-refractivity contribution is 6.30. The van der Waals surface area contributed by atoms with Crippen LogP contribution < -0.4 is 5.32 Å². The van der Waals surface area contributed by atoms with Crippen LogP contribution in [0.25, 0.3) is 0 Å². The number of carbonyl (C=O) groups excluding carboxylic acids is 3. The lowest BCUT2D eigenvalue weighted by Crippen LogP contribution is -2.60. The molecule has 2 aromatic rings. The van der Waals surface area contributed by atoms with E-state index in [0.717, 1.165) is 0 Å². The van der Waals surface area contributed by atoms with Gasteiger partial charge in [0.2, 0.25) is 5.91 Å². The highest BCUT2D eigenvalue weighted by Crippen LogP contribution is 2.39. The maximum absolute atomic E-state index is 13.6. The van der Waals surface area contributed by atoms with Gasteiger partial charge in [-0.25, -0.2) is 4.39 Å². The van der Waals surface area contributed by atoms with Crippen LogP contribution in [0.4, 0.5) is 4.39 Å². The molecule has 2 saturated heterocycles. The smallest absolute Gasteiger partial charge is 0.256 e. The number of amides is 3. The fourth-order valence-corrected chi connectivity index (χ4v) is 4.65. The number of hydrogen-bond acceptors (Lipinski definition) is 5. The standard InChI is InChI=1S/C25H27ClFN3O5/c1-34-15-12-28-22(31)21-16-35-25(30(21)24(33)18-4-8-20(27)9-5-18)10-13-29(14-11-25)23(32)17-2-6-19(26)7-3-17/h2-9,21H,10-16H2,1H3,(H,28,31)/t21-/m0/s1. The Morgan fingerprint density at radius 2 is 1.66 bits per heavy atom. The number of halogens is 2. The Labute approximate surface area is 207 Å². The molecule has 0 radical (unpaired) electrons. The van der Waals surface area contributed by atoms with Crippen molar-refractivity contribution in [2.45, 2.75) is 24.6 Å². The number of methoxy groups -OCH3 is 1. The molecule has 186 valence electrons. The largest absolute Gasteiger partial charge is 0.383 e. The Balaban J connectivity index is 1.54. The first-order chi connectivity index (χ1) is 16.8. The van der Waals surface area contributed by atoms with Crippen LogP contribution in [-0.2, 0) is 14.3 Å². The molecule has 0 unspecified atom stereocenters. The first kappa shape index (κ1) is 25.1. The van der Waals surface area contributed by atoms with Gasteiger partial charge in [-0.3, -0.25) is 19.3 Å². The fraction of sp³-hybridized carbons (Fsp3) is 0.400. The second-order valence-corrected chi connectivity index (χ2v) is 8.97. The van der Waals surface area contributed by atoms with E-state index in [9.17, 15) is 18.8 Å². The lowest BCUT2D eigenvalue weighted by molar-refractivity contribution is -0.128. The molecule has 4 rings (SSSR count). The van der Waals surface area contributed by atoms with Gasteiger partial charge in [0.05, 0.1) is 13.2 Å². The monoisotopic (exact) mass is 503 g/mol. The number of likely N-dealkylation sites (tertiary alicyclic amines) is 1. The first-order valence-electron chi connectivity index (χ1n) is 11.4. The van der Waals surface area contributed by atoms with Crippen molar-refractivity contribution in [3.05, 3.63) is 70.5 Å². The highest BCUT2D eigenvalue weighted by atomic mass is 35.5. The molecule has 10 heteroatoms. The highest BCUT2D eigenvalue weighted by Gasteiger charge is 2.54. The average Bonchev–Trinajstić information content (AvgIpc) is 3.23. The van der Waals surface area contributed by atoms with Crippen molar-refractivity contribution < 1.29 is 28.2 Å². The van der Waals surface area contributed by atoms with Crippen LogP contribution in [0.1, 0.15) is 33.6 Å². The average molecular weight is 504 g/mol. The van der Waals surface area contributed by atoms with Crippen molar-refractivity contribution in [2.24, 2.45) is 0 Å². The van der Waals surface area contributed by atoms with Gasteiger partial charge >= 0.3 is 0 Å². The van der Waals surface area contributed by atoms with E-state index in [2.05, 4.69) is 5.32 Å². The van der Waals surface area contributed by atoms with Gasteiger partial charge < -0.3 is 19.7 Å². The summed E-state index contributed by atoms with van der Waals surface area (Å²) in [4.78, 5) is 42.6. The Kier molecular flexibility index (Phi) is 7.69. The second-order valence-electron chi connectivity index (χ2n) is 8.54. The van der Waals surface area contributed by atoms with Crippen LogP contribution in [-0.4, -0.2) is 79.2 Å². The van der Waals surface area contributed by atoms with E-state index in [1.54, 1.807) is 29.2 Å². The van der Waals surface area contributed by atoms with Crippen molar-refractivity contribution >= 4 is 29.3 Å². The maximum atomic E-state index is 13.6. The minimum absolute atomic E-state index is 0.0247. The molecule has 2 aromatic carbocycles. The fourth-order valence-electron chi connectivity index (χ4n) is 4.53. The maximum Gasteiger partial charge on any atom is 0.256 e. The summed E-state index contributed by atoms with van der Waals surface area (Å²) in [6.45, 7) is 1.33. The molecule has 1 spiro atoms. The summed E-state index contributed by atoms with van der Waals surface area (Å²) in [7, 11) is 1.53. The molecular formula is C25H27ClFN3O5. The molecule has 2 aliphatic rings. The predicted molar refractivity (Wildman–Crippen MR) is 127 cm³/mol. The van der Waals surface area contributed by atoms with Crippen molar-refractivity contribution in [3.8, 4) is 0 Å².